The second-order valence-corrected chi connectivity index (χ2v) is 14.3. The maximum Gasteiger partial charge on any atom is 0.0726 e. The number of allylic oxidation sites excluding steroid dienone is 4. The van der Waals surface area contributed by atoms with E-state index >= 15 is 0 Å². The van der Waals surface area contributed by atoms with Crippen LogP contribution in [-0.4, -0.2) is 19.5 Å². The summed E-state index contributed by atoms with van der Waals surface area (Å²) in [4.78, 5) is 15.5. The minimum atomic E-state index is 0.923. The van der Waals surface area contributed by atoms with Crippen molar-refractivity contribution in [1.29, 1.82) is 0 Å². The molecule has 5 heterocycles. The van der Waals surface area contributed by atoms with Gasteiger partial charge in [0, 0.05) is 39.8 Å². The fourth-order valence-corrected chi connectivity index (χ4v) is 9.04. The molecule has 0 radical (unpaired) electrons. The van der Waals surface area contributed by atoms with E-state index in [4.69, 9.17) is 9.97 Å². The molecule has 0 aromatic carbocycles. The summed E-state index contributed by atoms with van der Waals surface area (Å²) in [7, 11) is 0. The summed E-state index contributed by atoms with van der Waals surface area (Å²) in [6.07, 6.45) is 16.3. The SMILES string of the molecule is CCCCCc1c2nc(c(CC)c3nc(c(CCCCC)c4c(CC)c(CC)c(cc5ccc1[nH]5)n4CC)C(CC)=C3CC)C(CC)=C2CC. The van der Waals surface area contributed by atoms with Crippen LogP contribution in [0.25, 0.3) is 44.4 Å². The van der Waals surface area contributed by atoms with Gasteiger partial charge in [0.15, 0.2) is 0 Å². The molecule has 4 heteroatoms. The highest BCUT2D eigenvalue weighted by Crippen LogP contribution is 2.44. The first-order chi connectivity index (χ1) is 24.4. The number of aryl methyl sites for hydroxylation is 5. The first-order valence-corrected chi connectivity index (χ1v) is 20.6. The van der Waals surface area contributed by atoms with Crippen LogP contribution in [0.15, 0.2) is 18.2 Å². The standard InChI is InChI=1S/C46H66N4/c1-11-21-23-25-38-40-28-27-30(47-40)29-41-31(13-3)36(18-8)46(50(41)20-10)39(26-24-22-12-2)45-35(17-7)33(15-5)43(49-45)37(19-9)42-32(14-4)34(16-6)44(38)48-42/h27-29,47H,11-26H2,1-10H3. The second-order valence-electron chi connectivity index (χ2n) is 14.3. The average Bonchev–Trinajstić information content (AvgIpc) is 3.90. The number of nitrogens with one attached hydrogen (secondary N) is 1. The Morgan fingerprint density at radius 3 is 1.44 bits per heavy atom. The molecular formula is C46H66N4. The topological polar surface area (TPSA) is 46.5 Å². The van der Waals surface area contributed by atoms with Crippen LogP contribution in [0.5, 0.6) is 0 Å². The van der Waals surface area contributed by atoms with Gasteiger partial charge in [-0.25, -0.2) is 9.97 Å². The van der Waals surface area contributed by atoms with Crippen molar-refractivity contribution in [2.75, 3.05) is 0 Å². The predicted molar refractivity (Wildman–Crippen MR) is 220 cm³/mol. The van der Waals surface area contributed by atoms with Crippen LogP contribution in [0, 0.1) is 0 Å². The molecule has 0 saturated heterocycles. The van der Waals surface area contributed by atoms with Gasteiger partial charge in [0.1, 0.15) is 0 Å². The molecule has 0 saturated carbocycles. The Labute approximate surface area is 304 Å². The zero-order chi connectivity index (χ0) is 35.9. The average molecular weight is 675 g/mol. The zero-order valence-electron chi connectivity index (χ0n) is 33.4. The molecule has 3 aromatic rings. The van der Waals surface area contributed by atoms with Gasteiger partial charge in [-0.1, -0.05) is 88.0 Å². The number of H-pyrrole nitrogens is 1. The maximum atomic E-state index is 5.84. The molecule has 8 bridgehead atoms. The van der Waals surface area contributed by atoms with Gasteiger partial charge in [-0.3, -0.25) is 0 Å². The Kier molecular flexibility index (Phi) is 13.0. The first kappa shape index (κ1) is 37.8. The van der Waals surface area contributed by atoms with Crippen LogP contribution in [0.3, 0.4) is 0 Å². The number of fused-ring (bicyclic) bond motifs is 8. The summed E-state index contributed by atoms with van der Waals surface area (Å²) in [5.74, 6) is 0. The van der Waals surface area contributed by atoms with E-state index in [1.54, 1.807) is 0 Å². The molecule has 270 valence electrons. The van der Waals surface area contributed by atoms with Gasteiger partial charge in [0.05, 0.1) is 28.3 Å². The Hall–Kier alpha value is -3.40. The highest BCUT2D eigenvalue weighted by molar-refractivity contribution is 5.99. The van der Waals surface area contributed by atoms with Gasteiger partial charge >= 0.3 is 0 Å². The van der Waals surface area contributed by atoms with E-state index in [9.17, 15) is 0 Å². The highest BCUT2D eigenvalue weighted by atomic mass is 15.0. The molecule has 0 spiro atoms. The fraction of sp³-hybridized carbons (Fsp3) is 0.565. The third-order valence-electron chi connectivity index (χ3n) is 11.4. The molecule has 50 heavy (non-hydrogen) atoms. The van der Waals surface area contributed by atoms with Crippen molar-refractivity contribution in [3.05, 3.63) is 68.8 Å². The lowest BCUT2D eigenvalue weighted by molar-refractivity contribution is 0.713. The molecule has 0 aliphatic carbocycles. The maximum absolute atomic E-state index is 5.84. The number of nitrogens with zero attached hydrogens (tertiary/aromatic N) is 3. The molecular weight excluding hydrogens is 609 g/mol. The highest BCUT2D eigenvalue weighted by Gasteiger charge is 2.29. The molecule has 2 aliphatic rings. The van der Waals surface area contributed by atoms with Gasteiger partial charge in [0.2, 0.25) is 0 Å². The Balaban J connectivity index is 2.13. The van der Waals surface area contributed by atoms with E-state index in [1.807, 2.05) is 0 Å². The second kappa shape index (κ2) is 17.2. The summed E-state index contributed by atoms with van der Waals surface area (Å²) in [6, 6.07) is 7.09. The van der Waals surface area contributed by atoms with E-state index in [2.05, 4.69) is 97.0 Å². The minimum absolute atomic E-state index is 0.923. The van der Waals surface area contributed by atoms with Gasteiger partial charge in [-0.2, -0.15) is 0 Å². The van der Waals surface area contributed by atoms with Crippen molar-refractivity contribution >= 4 is 44.4 Å². The minimum Gasteiger partial charge on any atom is -0.355 e. The van der Waals surface area contributed by atoms with Crippen molar-refractivity contribution in [3.8, 4) is 0 Å². The molecule has 1 N–H and O–H groups in total. The van der Waals surface area contributed by atoms with E-state index in [0.717, 1.165) is 64.3 Å². The zero-order valence-corrected chi connectivity index (χ0v) is 33.4. The lowest BCUT2D eigenvalue weighted by Crippen LogP contribution is -2.02. The summed E-state index contributed by atoms with van der Waals surface area (Å²) in [5, 5.41) is 0. The van der Waals surface area contributed by atoms with Crippen molar-refractivity contribution in [2.45, 2.75) is 172 Å². The molecule has 2 aliphatic heterocycles. The molecule has 4 nitrogen and oxygen atoms in total. The Morgan fingerprint density at radius 2 is 0.980 bits per heavy atom. The fourth-order valence-electron chi connectivity index (χ4n) is 9.04. The third kappa shape index (κ3) is 6.81. The molecule has 0 unspecified atom stereocenters. The van der Waals surface area contributed by atoms with Crippen molar-refractivity contribution < 1.29 is 0 Å². The van der Waals surface area contributed by atoms with Crippen LogP contribution in [0.2, 0.25) is 0 Å². The Bertz CT molecular complexity index is 1910. The normalized spacial score (nSPS) is 13.3. The first-order valence-electron chi connectivity index (χ1n) is 20.6. The quantitative estimate of drug-likeness (QED) is 0.154. The lowest BCUT2D eigenvalue weighted by atomic mass is 9.91. The summed E-state index contributed by atoms with van der Waals surface area (Å²) < 4.78 is 2.65. The van der Waals surface area contributed by atoms with E-state index in [0.29, 0.717) is 0 Å². The van der Waals surface area contributed by atoms with E-state index in [-0.39, 0.29) is 0 Å². The van der Waals surface area contributed by atoms with Crippen LogP contribution in [0.4, 0.5) is 0 Å². The number of aromatic amines is 1. The summed E-state index contributed by atoms with van der Waals surface area (Å²) in [6.45, 7) is 24.3. The molecule has 0 fully saturated rings. The van der Waals surface area contributed by atoms with Gasteiger partial charge in [0.25, 0.3) is 0 Å². The number of unbranched alkanes of at least 4 members (excludes halogenated alkanes) is 4. The van der Waals surface area contributed by atoms with Crippen LogP contribution >= 0.6 is 0 Å². The Morgan fingerprint density at radius 1 is 0.500 bits per heavy atom. The number of aromatic nitrogens is 4. The van der Waals surface area contributed by atoms with Crippen molar-refractivity contribution in [2.24, 2.45) is 0 Å². The van der Waals surface area contributed by atoms with E-state index < -0.39 is 0 Å². The summed E-state index contributed by atoms with van der Waals surface area (Å²) in [5.41, 5.74) is 23.1. The molecule has 3 aromatic heterocycles. The predicted octanol–water partition coefficient (Wildman–Crippen LogP) is 13.4. The molecule has 5 rings (SSSR count). The van der Waals surface area contributed by atoms with Crippen LogP contribution in [0.1, 0.15) is 184 Å². The number of hydrogen-bond donors (Lipinski definition) is 1. The van der Waals surface area contributed by atoms with Crippen molar-refractivity contribution in [1.82, 2.24) is 19.5 Å². The molecule has 0 amide bonds. The molecule has 0 atom stereocenters. The smallest absolute Gasteiger partial charge is 0.0726 e. The van der Waals surface area contributed by atoms with E-state index in [1.165, 1.54) is 133 Å². The van der Waals surface area contributed by atoms with Crippen LogP contribution in [-0.2, 0) is 38.6 Å². The van der Waals surface area contributed by atoms with Crippen LogP contribution < -0.4 is 0 Å². The lowest BCUT2D eigenvalue weighted by Gasteiger charge is -2.13. The number of hydrogen-bond acceptors (Lipinski definition) is 2. The largest absolute Gasteiger partial charge is 0.355 e. The third-order valence-corrected chi connectivity index (χ3v) is 11.4. The van der Waals surface area contributed by atoms with Gasteiger partial charge in [-0.15, -0.1) is 0 Å². The van der Waals surface area contributed by atoms with Gasteiger partial charge < -0.3 is 9.55 Å². The van der Waals surface area contributed by atoms with Gasteiger partial charge in [-0.05, 0) is 129 Å². The monoisotopic (exact) mass is 675 g/mol. The van der Waals surface area contributed by atoms with Crippen molar-refractivity contribution in [3.63, 3.8) is 0 Å². The number of rotatable bonds is 16. The summed E-state index contributed by atoms with van der Waals surface area (Å²) >= 11 is 0.